The van der Waals surface area contributed by atoms with Gasteiger partial charge in [0.25, 0.3) is 11.8 Å². The Labute approximate surface area is 128 Å². The van der Waals surface area contributed by atoms with Crippen molar-refractivity contribution in [1.29, 1.82) is 0 Å². The van der Waals surface area contributed by atoms with E-state index in [2.05, 4.69) is 0 Å². The third kappa shape index (κ3) is 1.80. The van der Waals surface area contributed by atoms with Gasteiger partial charge in [0.1, 0.15) is 0 Å². The zero-order chi connectivity index (χ0) is 15.3. The first-order valence-corrected chi connectivity index (χ1v) is 7.73. The molecule has 1 heterocycles. The molecule has 0 radical (unpaired) electrons. The number of carbonyl (C=O) groups is 2. The summed E-state index contributed by atoms with van der Waals surface area (Å²) < 4.78 is 0. The normalized spacial score (nSPS) is 27.2. The van der Waals surface area contributed by atoms with E-state index >= 15 is 0 Å². The Morgan fingerprint density at radius 3 is 2.59 bits per heavy atom. The summed E-state index contributed by atoms with van der Waals surface area (Å²) in [5.41, 5.74) is 2.93. The van der Waals surface area contributed by atoms with E-state index in [0.29, 0.717) is 30.4 Å². The molecule has 3 aliphatic rings. The number of hydrogen-bond donors (Lipinski definition) is 1. The summed E-state index contributed by atoms with van der Waals surface area (Å²) in [5.74, 6) is -0.340. The van der Waals surface area contributed by atoms with Gasteiger partial charge in [-0.3, -0.25) is 14.5 Å². The number of aliphatic hydroxyl groups excluding tert-OH is 1. The van der Waals surface area contributed by atoms with E-state index in [9.17, 15) is 14.7 Å². The smallest absolute Gasteiger partial charge is 0.261 e. The highest BCUT2D eigenvalue weighted by molar-refractivity contribution is 6.21. The van der Waals surface area contributed by atoms with Crippen LogP contribution in [-0.2, 0) is 9.59 Å². The van der Waals surface area contributed by atoms with Crippen molar-refractivity contribution >= 4 is 11.8 Å². The molecule has 1 aromatic carbocycles. The number of fused-ring (bicyclic) bond motifs is 1. The van der Waals surface area contributed by atoms with Crippen molar-refractivity contribution in [2.24, 2.45) is 0 Å². The highest BCUT2D eigenvalue weighted by Crippen LogP contribution is 2.43. The molecular weight excluding hydrogens is 278 g/mol. The lowest BCUT2D eigenvalue weighted by atomic mass is 9.85. The Hall–Kier alpha value is -2.20. The largest absolute Gasteiger partial charge is 0.388 e. The van der Waals surface area contributed by atoms with Gasteiger partial charge in [0, 0.05) is 11.1 Å². The van der Waals surface area contributed by atoms with Crippen LogP contribution in [0.5, 0.6) is 0 Å². The molecule has 1 N–H and O–H groups in total. The third-order valence-corrected chi connectivity index (χ3v) is 4.84. The fourth-order valence-corrected chi connectivity index (χ4v) is 3.75. The predicted octanol–water partition coefficient (Wildman–Crippen LogP) is 2.57. The maximum atomic E-state index is 12.7. The quantitative estimate of drug-likeness (QED) is 0.810. The monoisotopic (exact) mass is 295 g/mol. The minimum Gasteiger partial charge on any atom is -0.388 e. The average molecular weight is 295 g/mol. The molecule has 112 valence electrons. The van der Waals surface area contributed by atoms with Crippen LogP contribution in [0.3, 0.4) is 0 Å². The standard InChI is InChI=1S/C18H17NO3/c20-16-10-9-15(11-5-1-2-6-12(11)16)19-17(21)13-7-3-4-8-14(13)18(19)22/h1-3,5-7,15-16,20H,4,8-10H2/t15-,16+/m0/s1. The summed E-state index contributed by atoms with van der Waals surface area (Å²) in [4.78, 5) is 26.8. The van der Waals surface area contributed by atoms with Crippen LogP contribution in [0.2, 0.25) is 0 Å². The third-order valence-electron chi connectivity index (χ3n) is 4.84. The molecule has 0 unspecified atom stereocenters. The van der Waals surface area contributed by atoms with Crippen molar-refractivity contribution in [2.45, 2.75) is 37.8 Å². The van der Waals surface area contributed by atoms with E-state index in [4.69, 9.17) is 0 Å². The molecular formula is C18H17NO3. The lowest BCUT2D eigenvalue weighted by molar-refractivity contribution is -0.141. The first-order chi connectivity index (χ1) is 10.7. The van der Waals surface area contributed by atoms with E-state index in [1.54, 1.807) is 6.08 Å². The Kier molecular flexibility index (Phi) is 3.01. The van der Waals surface area contributed by atoms with Crippen LogP contribution in [0, 0.1) is 0 Å². The highest BCUT2D eigenvalue weighted by Gasteiger charge is 2.43. The zero-order valence-corrected chi connectivity index (χ0v) is 12.2. The molecule has 22 heavy (non-hydrogen) atoms. The Balaban J connectivity index is 1.75. The van der Waals surface area contributed by atoms with Gasteiger partial charge in [0.2, 0.25) is 0 Å². The van der Waals surface area contributed by atoms with Gasteiger partial charge in [0.05, 0.1) is 12.1 Å². The second kappa shape index (κ2) is 4.92. The molecule has 0 aromatic heterocycles. The van der Waals surface area contributed by atoms with Gasteiger partial charge >= 0.3 is 0 Å². The lowest BCUT2D eigenvalue weighted by Gasteiger charge is -2.34. The first kappa shape index (κ1) is 13.5. The molecule has 4 heteroatoms. The molecule has 1 aliphatic heterocycles. The van der Waals surface area contributed by atoms with Gasteiger partial charge in [0.15, 0.2) is 0 Å². The van der Waals surface area contributed by atoms with E-state index in [0.717, 1.165) is 17.5 Å². The summed E-state index contributed by atoms with van der Waals surface area (Å²) in [5, 5.41) is 10.2. The van der Waals surface area contributed by atoms with Gasteiger partial charge in [-0.2, -0.15) is 0 Å². The summed E-state index contributed by atoms with van der Waals surface area (Å²) >= 11 is 0. The van der Waals surface area contributed by atoms with Crippen molar-refractivity contribution < 1.29 is 14.7 Å². The zero-order valence-electron chi connectivity index (χ0n) is 12.2. The van der Waals surface area contributed by atoms with Crippen LogP contribution >= 0.6 is 0 Å². The molecule has 2 aliphatic carbocycles. The summed E-state index contributed by atoms with van der Waals surface area (Å²) in [6.07, 6.45) is 5.85. The molecule has 2 amide bonds. The molecule has 2 atom stereocenters. The van der Waals surface area contributed by atoms with Crippen LogP contribution in [0.15, 0.2) is 47.6 Å². The number of nitrogens with zero attached hydrogens (tertiary/aromatic N) is 1. The number of benzene rings is 1. The molecule has 0 saturated heterocycles. The van der Waals surface area contributed by atoms with E-state index in [1.807, 2.05) is 30.3 Å². The van der Waals surface area contributed by atoms with Gasteiger partial charge < -0.3 is 5.11 Å². The summed E-state index contributed by atoms with van der Waals surface area (Å²) in [7, 11) is 0. The van der Waals surface area contributed by atoms with Crippen LogP contribution in [0.1, 0.15) is 49.0 Å². The number of carbonyl (C=O) groups excluding carboxylic acids is 2. The van der Waals surface area contributed by atoms with Gasteiger partial charge in [-0.1, -0.05) is 36.4 Å². The van der Waals surface area contributed by atoms with Crippen molar-refractivity contribution in [3.05, 3.63) is 58.7 Å². The van der Waals surface area contributed by atoms with Crippen LogP contribution in [0.4, 0.5) is 0 Å². The Bertz CT molecular complexity index is 732. The summed E-state index contributed by atoms with van der Waals surface area (Å²) in [6, 6.07) is 7.30. The molecule has 0 saturated carbocycles. The van der Waals surface area contributed by atoms with Crippen molar-refractivity contribution in [1.82, 2.24) is 4.90 Å². The number of amides is 2. The number of hydrogen-bond acceptors (Lipinski definition) is 3. The fraction of sp³-hybridized carbons (Fsp3) is 0.333. The van der Waals surface area contributed by atoms with Gasteiger partial charge in [-0.25, -0.2) is 0 Å². The second-order valence-electron chi connectivity index (χ2n) is 6.05. The number of aliphatic hydroxyl groups is 1. The highest BCUT2D eigenvalue weighted by atomic mass is 16.3. The van der Waals surface area contributed by atoms with Crippen LogP contribution in [-0.4, -0.2) is 21.8 Å². The maximum Gasteiger partial charge on any atom is 0.261 e. The Morgan fingerprint density at radius 1 is 1.05 bits per heavy atom. The average Bonchev–Trinajstić information content (AvgIpc) is 2.81. The number of allylic oxidation sites excluding steroid dienone is 1. The molecule has 0 bridgehead atoms. The molecule has 0 fully saturated rings. The van der Waals surface area contributed by atoms with Crippen molar-refractivity contribution in [2.75, 3.05) is 0 Å². The van der Waals surface area contributed by atoms with Crippen molar-refractivity contribution in [3.8, 4) is 0 Å². The van der Waals surface area contributed by atoms with Gasteiger partial charge in [-0.15, -0.1) is 0 Å². The predicted molar refractivity (Wildman–Crippen MR) is 80.6 cm³/mol. The molecule has 4 rings (SSSR count). The van der Waals surface area contributed by atoms with Crippen molar-refractivity contribution in [3.63, 3.8) is 0 Å². The second-order valence-corrected chi connectivity index (χ2v) is 6.05. The van der Waals surface area contributed by atoms with Crippen LogP contribution in [0.25, 0.3) is 0 Å². The molecule has 0 spiro atoms. The fourth-order valence-electron chi connectivity index (χ4n) is 3.75. The molecule has 4 nitrogen and oxygen atoms in total. The first-order valence-electron chi connectivity index (χ1n) is 7.73. The van der Waals surface area contributed by atoms with E-state index in [-0.39, 0.29) is 17.9 Å². The maximum absolute atomic E-state index is 12.7. The lowest BCUT2D eigenvalue weighted by Crippen LogP contribution is -2.37. The van der Waals surface area contributed by atoms with Gasteiger partial charge in [-0.05, 0) is 36.8 Å². The topological polar surface area (TPSA) is 57.6 Å². The van der Waals surface area contributed by atoms with Crippen LogP contribution < -0.4 is 0 Å². The van der Waals surface area contributed by atoms with E-state index < -0.39 is 6.10 Å². The Morgan fingerprint density at radius 2 is 1.82 bits per heavy atom. The SMILES string of the molecule is O=C1C2=C(CCC=C2)C(=O)N1[C@H]1CC[C@@H](O)c2ccccc21. The number of imide groups is 1. The van der Waals surface area contributed by atoms with E-state index in [1.165, 1.54) is 4.90 Å². The minimum absolute atomic E-state index is 0.152. The minimum atomic E-state index is -0.511. The number of rotatable bonds is 1. The summed E-state index contributed by atoms with van der Waals surface area (Å²) in [6.45, 7) is 0. The molecule has 1 aromatic rings.